The molecule has 2 N–H and O–H groups in total. The molecular formula is C79H149N2O6P. The summed E-state index contributed by atoms with van der Waals surface area (Å²) in [4.78, 5) is 25.7. The van der Waals surface area contributed by atoms with E-state index in [0.717, 1.165) is 70.6 Å². The van der Waals surface area contributed by atoms with Gasteiger partial charge in [-0.2, -0.15) is 0 Å². The number of nitrogens with zero attached hydrogens (tertiary/aromatic N) is 1. The fraction of sp³-hybridized carbons (Fsp3) is 0.835. The quantitative estimate of drug-likeness (QED) is 0.0272. The van der Waals surface area contributed by atoms with Crippen molar-refractivity contribution < 1.29 is 32.9 Å². The second kappa shape index (κ2) is 69.3. The van der Waals surface area contributed by atoms with Gasteiger partial charge in [0.25, 0.3) is 7.82 Å². The van der Waals surface area contributed by atoms with Crippen molar-refractivity contribution >= 4 is 13.7 Å². The third-order valence-corrected chi connectivity index (χ3v) is 18.4. The summed E-state index contributed by atoms with van der Waals surface area (Å²) in [7, 11) is 1.28. The predicted octanol–water partition coefficient (Wildman–Crippen LogP) is 24.3. The lowest BCUT2D eigenvalue weighted by Crippen LogP contribution is -2.45. The lowest BCUT2D eigenvalue weighted by Gasteiger charge is -2.29. The minimum atomic E-state index is -4.61. The number of likely N-dealkylation sites (N-methyl/N-ethyl adjacent to an activating group) is 1. The van der Waals surface area contributed by atoms with Crippen LogP contribution in [0.25, 0.3) is 0 Å². The van der Waals surface area contributed by atoms with E-state index in [4.69, 9.17) is 9.05 Å². The molecule has 0 radical (unpaired) electrons. The molecule has 0 bridgehead atoms. The van der Waals surface area contributed by atoms with Crippen LogP contribution in [0.3, 0.4) is 0 Å². The van der Waals surface area contributed by atoms with Gasteiger partial charge in [0.1, 0.15) is 13.2 Å². The maximum Gasteiger partial charge on any atom is 0.268 e. The Kier molecular flexibility index (Phi) is 67.7. The molecule has 8 nitrogen and oxygen atoms in total. The van der Waals surface area contributed by atoms with Crippen molar-refractivity contribution in [1.82, 2.24) is 5.32 Å². The maximum absolute atomic E-state index is 13.1. The molecule has 1 amide bonds. The number of quaternary nitrogens is 1. The van der Waals surface area contributed by atoms with Crippen molar-refractivity contribution in [3.8, 4) is 0 Å². The second-order valence-electron chi connectivity index (χ2n) is 27.3. The number of carbonyl (C=O) groups excluding carboxylic acids is 1. The van der Waals surface area contributed by atoms with E-state index in [1.165, 1.54) is 283 Å². The average molecular weight is 1250 g/mol. The first-order valence-electron chi connectivity index (χ1n) is 38.3. The van der Waals surface area contributed by atoms with Crippen LogP contribution in [0.5, 0.6) is 0 Å². The van der Waals surface area contributed by atoms with E-state index < -0.39 is 20.0 Å². The second-order valence-corrected chi connectivity index (χ2v) is 28.7. The van der Waals surface area contributed by atoms with Gasteiger partial charge >= 0.3 is 0 Å². The van der Waals surface area contributed by atoms with Gasteiger partial charge in [-0.3, -0.25) is 9.36 Å². The molecule has 0 aliphatic rings. The Morgan fingerprint density at radius 2 is 0.693 bits per heavy atom. The van der Waals surface area contributed by atoms with Crippen LogP contribution in [0, 0.1) is 0 Å². The minimum Gasteiger partial charge on any atom is -0.756 e. The Morgan fingerprint density at radius 1 is 0.409 bits per heavy atom. The van der Waals surface area contributed by atoms with Gasteiger partial charge in [-0.15, -0.1) is 0 Å². The van der Waals surface area contributed by atoms with Gasteiger partial charge in [0, 0.05) is 6.42 Å². The Hall–Kier alpha value is -2.06. The first-order valence-corrected chi connectivity index (χ1v) is 39.8. The number of allylic oxidation sites excluding steroid dienone is 11. The smallest absolute Gasteiger partial charge is 0.268 e. The van der Waals surface area contributed by atoms with Gasteiger partial charge in [-0.25, -0.2) is 0 Å². The van der Waals surface area contributed by atoms with Crippen LogP contribution in [0.15, 0.2) is 72.9 Å². The summed E-state index contributed by atoms with van der Waals surface area (Å²) < 4.78 is 23.5. The number of hydrogen-bond acceptors (Lipinski definition) is 6. The van der Waals surface area contributed by atoms with E-state index in [2.05, 4.69) is 79.9 Å². The highest BCUT2D eigenvalue weighted by Gasteiger charge is 2.23. The Morgan fingerprint density at radius 3 is 1.01 bits per heavy atom. The molecule has 0 saturated heterocycles. The summed E-state index contributed by atoms with van der Waals surface area (Å²) in [6, 6.07) is -0.889. The van der Waals surface area contributed by atoms with Crippen molar-refractivity contribution in [2.75, 3.05) is 40.9 Å². The van der Waals surface area contributed by atoms with Crippen LogP contribution in [-0.4, -0.2) is 68.5 Å². The number of rotatable bonds is 71. The van der Waals surface area contributed by atoms with Gasteiger partial charge in [0.05, 0.1) is 39.9 Å². The Balaban J connectivity index is 3.96. The fourth-order valence-corrected chi connectivity index (χ4v) is 12.3. The van der Waals surface area contributed by atoms with Gasteiger partial charge in [-0.1, -0.05) is 376 Å². The monoisotopic (exact) mass is 1250 g/mol. The number of unbranched alkanes of at least 4 members (excludes halogenated alkanes) is 48. The van der Waals surface area contributed by atoms with Crippen LogP contribution in [0.4, 0.5) is 0 Å². The van der Waals surface area contributed by atoms with Crippen LogP contribution in [0.2, 0.25) is 0 Å². The Labute approximate surface area is 548 Å². The molecule has 0 spiro atoms. The summed E-state index contributed by atoms with van der Waals surface area (Å²) in [5.41, 5.74) is 0. The maximum atomic E-state index is 13.1. The Bertz CT molecular complexity index is 1670. The third-order valence-electron chi connectivity index (χ3n) is 17.4. The number of aliphatic hydroxyl groups is 1. The van der Waals surface area contributed by atoms with Crippen molar-refractivity contribution in [1.29, 1.82) is 0 Å². The summed E-state index contributed by atoms with van der Waals surface area (Å²) in [6.45, 7) is 4.59. The van der Waals surface area contributed by atoms with Crippen molar-refractivity contribution in [3.63, 3.8) is 0 Å². The fourth-order valence-electron chi connectivity index (χ4n) is 11.5. The topological polar surface area (TPSA) is 108 Å². The molecule has 0 aliphatic carbocycles. The third kappa shape index (κ3) is 71.4. The highest BCUT2D eigenvalue weighted by Crippen LogP contribution is 2.38. The zero-order valence-electron chi connectivity index (χ0n) is 59.2. The van der Waals surface area contributed by atoms with Gasteiger partial charge in [-0.05, 0) is 64.2 Å². The molecule has 0 aromatic carbocycles. The molecule has 0 saturated carbocycles. The molecule has 88 heavy (non-hydrogen) atoms. The zero-order chi connectivity index (χ0) is 64.1. The lowest BCUT2D eigenvalue weighted by atomic mass is 10.0. The van der Waals surface area contributed by atoms with E-state index in [-0.39, 0.29) is 19.1 Å². The van der Waals surface area contributed by atoms with E-state index in [9.17, 15) is 19.4 Å². The normalized spacial score (nSPS) is 13.9. The molecule has 0 aromatic rings. The first-order chi connectivity index (χ1) is 43.0. The summed E-state index contributed by atoms with van der Waals surface area (Å²) >= 11 is 0. The van der Waals surface area contributed by atoms with Gasteiger partial charge in [0.15, 0.2) is 0 Å². The number of phosphoric acid groups is 1. The molecule has 3 atom stereocenters. The van der Waals surface area contributed by atoms with Crippen LogP contribution in [-0.2, 0) is 18.4 Å². The molecule has 516 valence electrons. The van der Waals surface area contributed by atoms with E-state index >= 15 is 0 Å². The standard InChI is InChI=1S/C79H149N2O6P/c1-6-8-10-12-14-16-18-20-22-24-26-28-30-32-34-35-36-37-38-39-40-41-42-43-44-45-47-49-51-53-55-57-59-61-63-65-67-69-71-73-79(83)80-77(76-87-88(84,85)86-75-74-81(3,4)5)78(82)72-70-68-66-64-62-60-58-56-54-52-50-48-46-33-31-29-27-25-23-21-19-17-15-13-11-9-7-2/h8,10,14,16,20,22,26,28,32,34,70,72,77-78,82H,6-7,9,11-13,15,17-19,21,23-25,27,29-31,33,35-69,71,73-76H2,1-5H3,(H-,80,83,84,85)/b10-8-,16-14-,22-20-,28-26-,34-32-,72-70+. The van der Waals surface area contributed by atoms with Crippen LogP contribution < -0.4 is 10.2 Å². The number of carbonyl (C=O) groups is 1. The number of phosphoric ester groups is 1. The number of hydrogen-bond donors (Lipinski definition) is 2. The molecule has 3 unspecified atom stereocenters. The molecule has 0 aliphatic heterocycles. The summed E-state index contributed by atoms with van der Waals surface area (Å²) in [5, 5.41) is 14.0. The summed E-state index contributed by atoms with van der Waals surface area (Å²) in [6.07, 6.45) is 97.7. The molecule has 0 rings (SSSR count). The van der Waals surface area contributed by atoms with Crippen molar-refractivity contribution in [3.05, 3.63) is 72.9 Å². The van der Waals surface area contributed by atoms with E-state index in [0.29, 0.717) is 17.4 Å². The number of aliphatic hydroxyl groups excluding tert-OH is 1. The van der Waals surface area contributed by atoms with Crippen LogP contribution >= 0.6 is 7.82 Å². The van der Waals surface area contributed by atoms with Crippen molar-refractivity contribution in [2.45, 2.75) is 386 Å². The average Bonchev–Trinajstić information content (AvgIpc) is 3.70. The summed E-state index contributed by atoms with van der Waals surface area (Å²) in [5.74, 6) is -0.190. The zero-order valence-corrected chi connectivity index (χ0v) is 60.1. The predicted molar refractivity (Wildman–Crippen MR) is 385 cm³/mol. The number of nitrogens with one attached hydrogen (secondary N) is 1. The molecular weight excluding hydrogens is 1100 g/mol. The van der Waals surface area contributed by atoms with Crippen LogP contribution in [0.1, 0.15) is 373 Å². The van der Waals surface area contributed by atoms with E-state index in [1.54, 1.807) is 6.08 Å². The first kappa shape index (κ1) is 85.9. The molecule has 0 fully saturated rings. The van der Waals surface area contributed by atoms with Gasteiger partial charge < -0.3 is 28.8 Å². The van der Waals surface area contributed by atoms with E-state index in [1.807, 2.05) is 27.2 Å². The molecule has 9 heteroatoms. The lowest BCUT2D eigenvalue weighted by molar-refractivity contribution is -0.870. The number of amides is 1. The van der Waals surface area contributed by atoms with Gasteiger partial charge in [0.2, 0.25) is 5.91 Å². The highest BCUT2D eigenvalue weighted by atomic mass is 31.2. The molecule has 0 aromatic heterocycles. The largest absolute Gasteiger partial charge is 0.756 e. The minimum absolute atomic E-state index is 0.0000174. The molecule has 0 heterocycles. The van der Waals surface area contributed by atoms with Crippen molar-refractivity contribution in [2.24, 2.45) is 0 Å². The SMILES string of the molecule is CC/C=C\C/C=C\C/C=C\C/C=C\C/C=C\CCCCCCCCCCCCCCCCCCCCCCCCCC(=O)NC(COP(=O)([O-])OCC[N+](C)(C)C)C(O)/C=C/CCCCCCCCCCCCCCCCCCCCCCCCCCC. The highest BCUT2D eigenvalue weighted by molar-refractivity contribution is 7.45.